The maximum atomic E-state index is 9.63. The molecule has 2 rings (SSSR count). The van der Waals surface area contributed by atoms with Gasteiger partial charge in [0, 0.05) is 12.1 Å². The molecule has 0 aliphatic heterocycles. The number of nitrogens with one attached hydrogen (secondary N) is 1. The van der Waals surface area contributed by atoms with E-state index in [-0.39, 0.29) is 12.6 Å². The van der Waals surface area contributed by atoms with Crippen LogP contribution in [0.4, 0.5) is 0 Å². The minimum Gasteiger partial charge on any atom is -0.493 e. The molecule has 0 aromatic heterocycles. The molecule has 2 N–H and O–H groups in total. The summed E-state index contributed by atoms with van der Waals surface area (Å²) in [7, 11) is 4.77. The molecule has 0 spiro atoms. The Morgan fingerprint density at radius 3 is 2.17 bits per heavy atom. The van der Waals surface area contributed by atoms with Crippen LogP contribution in [0, 0.1) is 0 Å². The maximum Gasteiger partial charge on any atom is 0.203 e. The molecule has 5 heteroatoms. The first-order valence-corrected chi connectivity index (χ1v) is 7.42. The molecule has 1 atom stereocenters. The van der Waals surface area contributed by atoms with Crippen LogP contribution in [0.15, 0.2) is 42.5 Å². The Hall–Kier alpha value is -2.24. The van der Waals surface area contributed by atoms with Gasteiger partial charge in [0.1, 0.15) is 0 Å². The zero-order valence-corrected chi connectivity index (χ0v) is 13.7. The monoisotopic (exact) mass is 317 g/mol. The van der Waals surface area contributed by atoms with E-state index in [9.17, 15) is 5.11 Å². The van der Waals surface area contributed by atoms with E-state index >= 15 is 0 Å². The Labute approximate surface area is 136 Å². The van der Waals surface area contributed by atoms with Crippen molar-refractivity contribution >= 4 is 0 Å². The van der Waals surface area contributed by atoms with Crippen LogP contribution < -0.4 is 19.5 Å². The fraction of sp³-hybridized carbons (Fsp3) is 0.333. The summed E-state index contributed by atoms with van der Waals surface area (Å²) in [6, 6.07) is 13.5. The summed E-state index contributed by atoms with van der Waals surface area (Å²) >= 11 is 0. The molecule has 0 bridgehead atoms. The standard InChI is InChI=1S/C18H23NO4/c1-21-16-10-9-14(17(22-2)18(16)23-3)11-19-15(12-20)13-7-5-4-6-8-13/h4-10,15,19-20H,11-12H2,1-3H3. The third-order valence-corrected chi connectivity index (χ3v) is 3.71. The van der Waals surface area contributed by atoms with Crippen LogP contribution in [0.1, 0.15) is 17.2 Å². The number of hydrogen-bond acceptors (Lipinski definition) is 5. The number of benzene rings is 2. The summed E-state index contributed by atoms with van der Waals surface area (Å²) in [6.07, 6.45) is 0. The first-order chi connectivity index (χ1) is 11.2. The van der Waals surface area contributed by atoms with Crippen molar-refractivity contribution in [1.29, 1.82) is 0 Å². The molecule has 0 radical (unpaired) electrons. The van der Waals surface area contributed by atoms with E-state index in [1.54, 1.807) is 21.3 Å². The largest absolute Gasteiger partial charge is 0.493 e. The van der Waals surface area contributed by atoms with Crippen molar-refractivity contribution in [2.24, 2.45) is 0 Å². The molecular formula is C18H23NO4. The number of aliphatic hydroxyl groups is 1. The Bertz CT molecular complexity index is 616. The van der Waals surface area contributed by atoms with Gasteiger partial charge in [0.2, 0.25) is 5.75 Å². The first kappa shape index (κ1) is 17.1. The fourth-order valence-electron chi connectivity index (χ4n) is 2.51. The van der Waals surface area contributed by atoms with Crippen molar-refractivity contribution in [3.63, 3.8) is 0 Å². The average molecular weight is 317 g/mol. The molecule has 0 aliphatic rings. The minimum absolute atomic E-state index is 0.0135. The Balaban J connectivity index is 2.19. The summed E-state index contributed by atoms with van der Waals surface area (Å²) in [5, 5.41) is 13.0. The number of hydrogen-bond donors (Lipinski definition) is 2. The van der Waals surface area contributed by atoms with Crippen molar-refractivity contribution in [2.45, 2.75) is 12.6 Å². The van der Waals surface area contributed by atoms with Gasteiger partial charge in [-0.2, -0.15) is 0 Å². The minimum atomic E-state index is -0.144. The molecule has 0 fully saturated rings. The second kappa shape index (κ2) is 8.41. The van der Waals surface area contributed by atoms with Crippen LogP contribution in [0.25, 0.3) is 0 Å². The summed E-state index contributed by atoms with van der Waals surface area (Å²) in [4.78, 5) is 0. The molecule has 124 valence electrons. The number of ether oxygens (including phenoxy) is 3. The lowest BCUT2D eigenvalue weighted by molar-refractivity contribution is 0.243. The summed E-state index contributed by atoms with van der Waals surface area (Å²) in [5.74, 6) is 1.81. The molecule has 0 aliphatic carbocycles. The van der Waals surface area contributed by atoms with Gasteiger partial charge < -0.3 is 24.6 Å². The fourth-order valence-corrected chi connectivity index (χ4v) is 2.51. The molecule has 2 aromatic carbocycles. The van der Waals surface area contributed by atoms with E-state index in [0.29, 0.717) is 23.8 Å². The zero-order valence-electron chi connectivity index (χ0n) is 13.7. The lowest BCUT2D eigenvalue weighted by Crippen LogP contribution is -2.24. The second-order valence-electron chi connectivity index (χ2n) is 5.02. The van der Waals surface area contributed by atoms with Crippen LogP contribution in [0.3, 0.4) is 0 Å². The number of aliphatic hydroxyl groups excluding tert-OH is 1. The van der Waals surface area contributed by atoms with E-state index in [1.165, 1.54) is 0 Å². The van der Waals surface area contributed by atoms with Crippen LogP contribution in [0.2, 0.25) is 0 Å². The van der Waals surface area contributed by atoms with Gasteiger partial charge >= 0.3 is 0 Å². The lowest BCUT2D eigenvalue weighted by atomic mass is 10.1. The van der Waals surface area contributed by atoms with Gasteiger partial charge in [0.15, 0.2) is 11.5 Å². The average Bonchev–Trinajstić information content (AvgIpc) is 2.62. The second-order valence-corrected chi connectivity index (χ2v) is 5.02. The molecule has 0 saturated carbocycles. The molecule has 5 nitrogen and oxygen atoms in total. The first-order valence-electron chi connectivity index (χ1n) is 7.42. The Morgan fingerprint density at radius 1 is 0.913 bits per heavy atom. The molecule has 0 heterocycles. The Morgan fingerprint density at radius 2 is 1.61 bits per heavy atom. The molecule has 2 aromatic rings. The van der Waals surface area contributed by atoms with Crippen LogP contribution in [0.5, 0.6) is 17.2 Å². The highest BCUT2D eigenvalue weighted by molar-refractivity contribution is 5.55. The van der Waals surface area contributed by atoms with Gasteiger partial charge in [-0.25, -0.2) is 0 Å². The highest BCUT2D eigenvalue weighted by Crippen LogP contribution is 2.39. The van der Waals surface area contributed by atoms with Gasteiger partial charge in [0.25, 0.3) is 0 Å². The van der Waals surface area contributed by atoms with Gasteiger partial charge in [-0.15, -0.1) is 0 Å². The van der Waals surface area contributed by atoms with E-state index < -0.39 is 0 Å². The smallest absolute Gasteiger partial charge is 0.203 e. The normalized spacial score (nSPS) is 11.8. The van der Waals surface area contributed by atoms with E-state index in [1.807, 2.05) is 42.5 Å². The van der Waals surface area contributed by atoms with E-state index in [0.717, 1.165) is 11.1 Å². The molecule has 23 heavy (non-hydrogen) atoms. The quantitative estimate of drug-likeness (QED) is 0.783. The van der Waals surface area contributed by atoms with Crippen molar-refractivity contribution in [3.05, 3.63) is 53.6 Å². The zero-order chi connectivity index (χ0) is 16.7. The van der Waals surface area contributed by atoms with E-state index in [2.05, 4.69) is 5.32 Å². The van der Waals surface area contributed by atoms with E-state index in [4.69, 9.17) is 14.2 Å². The third kappa shape index (κ3) is 3.94. The number of methoxy groups -OCH3 is 3. The van der Waals surface area contributed by atoms with Gasteiger partial charge in [0.05, 0.1) is 34.0 Å². The van der Waals surface area contributed by atoms with Crippen LogP contribution in [-0.2, 0) is 6.54 Å². The molecule has 0 saturated heterocycles. The van der Waals surface area contributed by atoms with Crippen molar-refractivity contribution in [1.82, 2.24) is 5.32 Å². The van der Waals surface area contributed by atoms with Crippen molar-refractivity contribution in [2.75, 3.05) is 27.9 Å². The van der Waals surface area contributed by atoms with Crippen molar-refractivity contribution < 1.29 is 19.3 Å². The lowest BCUT2D eigenvalue weighted by Gasteiger charge is -2.19. The van der Waals surface area contributed by atoms with Crippen molar-refractivity contribution in [3.8, 4) is 17.2 Å². The SMILES string of the molecule is COc1ccc(CNC(CO)c2ccccc2)c(OC)c1OC. The van der Waals surface area contributed by atoms with Gasteiger partial charge in [-0.1, -0.05) is 36.4 Å². The third-order valence-electron chi connectivity index (χ3n) is 3.71. The Kier molecular flexibility index (Phi) is 6.26. The highest BCUT2D eigenvalue weighted by Gasteiger charge is 2.17. The predicted molar refractivity (Wildman–Crippen MR) is 89.2 cm³/mol. The van der Waals surface area contributed by atoms with Crippen LogP contribution >= 0.6 is 0 Å². The molecular weight excluding hydrogens is 294 g/mol. The molecule has 0 amide bonds. The highest BCUT2D eigenvalue weighted by atomic mass is 16.5. The summed E-state index contributed by atoms with van der Waals surface area (Å²) in [5.41, 5.74) is 1.97. The molecule has 1 unspecified atom stereocenters. The maximum absolute atomic E-state index is 9.63. The predicted octanol–water partition coefficient (Wildman–Crippen LogP) is 2.54. The van der Waals surface area contributed by atoms with Gasteiger partial charge in [-0.3, -0.25) is 0 Å². The summed E-state index contributed by atoms with van der Waals surface area (Å²) < 4.78 is 16.1. The van der Waals surface area contributed by atoms with Gasteiger partial charge in [-0.05, 0) is 11.6 Å². The van der Waals surface area contributed by atoms with Crippen LogP contribution in [-0.4, -0.2) is 33.0 Å². The summed E-state index contributed by atoms with van der Waals surface area (Å²) in [6.45, 7) is 0.545. The topological polar surface area (TPSA) is 60.0 Å². The number of rotatable bonds is 8.